The summed E-state index contributed by atoms with van der Waals surface area (Å²) in [4.78, 5) is 12.0. The first-order valence-electron chi connectivity index (χ1n) is 10.4. The highest BCUT2D eigenvalue weighted by molar-refractivity contribution is 5.75. The van der Waals surface area contributed by atoms with Crippen LogP contribution in [0.15, 0.2) is 0 Å². The zero-order valence-corrected chi connectivity index (χ0v) is 17.9. The summed E-state index contributed by atoms with van der Waals surface area (Å²) in [6, 6.07) is 0. The lowest BCUT2D eigenvalue weighted by Crippen LogP contribution is -2.66. The number of hydrogen-bond acceptors (Lipinski definition) is 16. The van der Waals surface area contributed by atoms with Crippen LogP contribution >= 0.6 is 0 Å². The van der Waals surface area contributed by atoms with Crippen LogP contribution < -0.4 is 0 Å². The third kappa shape index (κ3) is 5.35. The van der Waals surface area contributed by atoms with E-state index in [1.807, 2.05) is 0 Å². The van der Waals surface area contributed by atoms with E-state index < -0.39 is 105 Å². The molecule has 1 unspecified atom stereocenters. The van der Waals surface area contributed by atoms with Gasteiger partial charge in [-0.1, -0.05) is 0 Å². The molecule has 16 nitrogen and oxygen atoms in total. The van der Waals surface area contributed by atoms with Crippen LogP contribution in [0.1, 0.15) is 0 Å². The van der Waals surface area contributed by atoms with Crippen LogP contribution in [0, 0.1) is 0 Å². The molecule has 3 rings (SSSR count). The zero-order valence-electron chi connectivity index (χ0n) is 17.9. The van der Waals surface area contributed by atoms with Crippen molar-refractivity contribution in [2.24, 2.45) is 0 Å². The second-order valence-electron chi connectivity index (χ2n) is 8.11. The lowest BCUT2D eigenvalue weighted by atomic mass is 9.96. The SMILES string of the molecule is COC(=O)[C@H]1OC(O)[C@H](O[C@@H]2O[C@H](CO)[C@H](O)[C@H](O)[C@H]2O)[C@@H](O[C@@H]2OC[C@@H](O)[C@H](O)[C@H]2O)[C@@H]1O. The molecule has 0 spiro atoms. The molecule has 34 heavy (non-hydrogen) atoms. The van der Waals surface area contributed by atoms with Crippen LogP contribution in [0.2, 0.25) is 0 Å². The average molecular weight is 502 g/mol. The van der Waals surface area contributed by atoms with Crippen LogP contribution in [0.3, 0.4) is 0 Å². The lowest BCUT2D eigenvalue weighted by molar-refractivity contribution is -0.379. The van der Waals surface area contributed by atoms with E-state index in [-0.39, 0.29) is 0 Å². The van der Waals surface area contributed by atoms with Crippen molar-refractivity contribution < 1.29 is 79.2 Å². The summed E-state index contributed by atoms with van der Waals surface area (Å²) in [5.41, 5.74) is 0. The van der Waals surface area contributed by atoms with Crippen molar-refractivity contribution in [3.05, 3.63) is 0 Å². The molecule has 3 aliphatic heterocycles. The van der Waals surface area contributed by atoms with Crippen molar-refractivity contribution in [2.75, 3.05) is 20.3 Å². The van der Waals surface area contributed by atoms with Gasteiger partial charge < -0.3 is 74.4 Å². The van der Waals surface area contributed by atoms with Gasteiger partial charge in [0.1, 0.15) is 61.0 Å². The van der Waals surface area contributed by atoms with Crippen LogP contribution in [-0.4, -0.2) is 158 Å². The summed E-state index contributed by atoms with van der Waals surface area (Å²) >= 11 is 0. The number of hydrogen-bond donors (Lipinski definition) is 9. The second-order valence-corrected chi connectivity index (χ2v) is 8.11. The highest BCUT2D eigenvalue weighted by atomic mass is 16.8. The van der Waals surface area contributed by atoms with Crippen molar-refractivity contribution >= 4 is 5.97 Å². The normalized spacial score (nSPS) is 50.1. The smallest absolute Gasteiger partial charge is 0.337 e. The fourth-order valence-corrected chi connectivity index (χ4v) is 3.84. The van der Waals surface area contributed by atoms with E-state index in [0.717, 1.165) is 7.11 Å². The molecular weight excluding hydrogens is 472 g/mol. The quantitative estimate of drug-likeness (QED) is 0.153. The molecule has 3 aliphatic rings. The Bertz CT molecular complexity index is 678. The molecule has 0 aromatic rings. The van der Waals surface area contributed by atoms with Gasteiger partial charge in [0.25, 0.3) is 0 Å². The minimum Gasteiger partial charge on any atom is -0.467 e. The molecule has 0 bridgehead atoms. The van der Waals surface area contributed by atoms with Gasteiger partial charge in [-0.05, 0) is 0 Å². The number of carbonyl (C=O) groups is 1. The Hall–Kier alpha value is -1.09. The minimum absolute atomic E-state index is 0.469. The van der Waals surface area contributed by atoms with E-state index in [9.17, 15) is 50.8 Å². The third-order valence-electron chi connectivity index (χ3n) is 5.86. The fourth-order valence-electron chi connectivity index (χ4n) is 3.84. The summed E-state index contributed by atoms with van der Waals surface area (Å²) in [7, 11) is 0.989. The Kier molecular flexibility index (Phi) is 9.15. The largest absolute Gasteiger partial charge is 0.467 e. The predicted molar refractivity (Wildman–Crippen MR) is 100 cm³/mol. The van der Waals surface area contributed by atoms with Crippen LogP contribution in [0.4, 0.5) is 0 Å². The monoisotopic (exact) mass is 502 g/mol. The molecule has 0 saturated carbocycles. The van der Waals surface area contributed by atoms with Crippen LogP contribution in [-0.2, 0) is 33.2 Å². The van der Waals surface area contributed by atoms with Gasteiger partial charge in [-0.25, -0.2) is 4.79 Å². The highest BCUT2D eigenvalue weighted by Gasteiger charge is 2.54. The maximum atomic E-state index is 12.0. The van der Waals surface area contributed by atoms with E-state index in [4.69, 9.17) is 23.7 Å². The Balaban J connectivity index is 1.84. The van der Waals surface area contributed by atoms with Gasteiger partial charge >= 0.3 is 5.97 Å². The first-order chi connectivity index (χ1) is 16.0. The van der Waals surface area contributed by atoms with Crippen molar-refractivity contribution in [1.82, 2.24) is 0 Å². The number of aliphatic hydroxyl groups is 9. The molecule has 14 atom stereocenters. The number of rotatable bonds is 6. The summed E-state index contributed by atoms with van der Waals surface area (Å²) in [6.45, 7) is -1.24. The first kappa shape index (κ1) is 27.5. The van der Waals surface area contributed by atoms with Gasteiger partial charge in [-0.2, -0.15) is 0 Å². The highest BCUT2D eigenvalue weighted by Crippen LogP contribution is 2.32. The number of methoxy groups -OCH3 is 1. The molecule has 9 N–H and O–H groups in total. The molecule has 16 heteroatoms. The van der Waals surface area contributed by atoms with Crippen molar-refractivity contribution in [2.45, 2.75) is 86.0 Å². The van der Waals surface area contributed by atoms with Crippen LogP contribution in [0.25, 0.3) is 0 Å². The maximum Gasteiger partial charge on any atom is 0.337 e. The number of esters is 1. The van der Waals surface area contributed by atoms with Crippen molar-refractivity contribution in [1.29, 1.82) is 0 Å². The second kappa shape index (κ2) is 11.3. The van der Waals surface area contributed by atoms with Gasteiger partial charge in [-0.15, -0.1) is 0 Å². The van der Waals surface area contributed by atoms with E-state index in [2.05, 4.69) is 4.74 Å². The fraction of sp³-hybridized carbons (Fsp3) is 0.944. The van der Waals surface area contributed by atoms with Gasteiger partial charge in [0, 0.05) is 0 Å². The molecule has 0 aliphatic carbocycles. The van der Waals surface area contributed by atoms with E-state index in [0.29, 0.717) is 0 Å². The summed E-state index contributed by atoms with van der Waals surface area (Å²) < 4.78 is 30.9. The van der Waals surface area contributed by atoms with E-state index in [1.54, 1.807) is 0 Å². The zero-order chi connectivity index (χ0) is 25.3. The summed E-state index contributed by atoms with van der Waals surface area (Å²) in [5, 5.41) is 90.3. The molecule has 0 aromatic carbocycles. The molecule has 0 amide bonds. The molecular formula is C18H30O16. The number of aliphatic hydroxyl groups excluding tert-OH is 9. The van der Waals surface area contributed by atoms with Gasteiger partial charge in [0.2, 0.25) is 0 Å². The Morgan fingerprint density at radius 3 is 2.03 bits per heavy atom. The number of carbonyl (C=O) groups excluding carboxylic acids is 1. The summed E-state index contributed by atoms with van der Waals surface area (Å²) in [5.74, 6) is -1.10. The average Bonchev–Trinajstić information content (AvgIpc) is 2.82. The van der Waals surface area contributed by atoms with E-state index in [1.165, 1.54) is 0 Å². The van der Waals surface area contributed by atoms with Crippen molar-refractivity contribution in [3.63, 3.8) is 0 Å². The Labute approximate surface area is 192 Å². The maximum absolute atomic E-state index is 12.0. The predicted octanol–water partition coefficient (Wildman–Crippen LogP) is -6.75. The standard InChI is InChI=1S/C18H30O16/c1-29-15(27)13-11(26)12(33-17-9(24)6(21)4(20)3-30-17)14(16(28)32-13)34-18-10(25)8(23)7(22)5(2-19)31-18/h4-14,16-26,28H,2-3H2,1H3/t4-,5-,6+,7+,8+,9-,10-,11+,12+,13+,14-,16?,17+,18+/m1/s1. The Morgan fingerprint density at radius 2 is 1.41 bits per heavy atom. The minimum atomic E-state index is -2.04. The molecule has 3 saturated heterocycles. The van der Waals surface area contributed by atoms with Crippen LogP contribution in [0.5, 0.6) is 0 Å². The van der Waals surface area contributed by atoms with Gasteiger partial charge in [0.15, 0.2) is 25.0 Å². The molecule has 198 valence electrons. The molecule has 3 fully saturated rings. The number of ether oxygens (including phenoxy) is 6. The van der Waals surface area contributed by atoms with Gasteiger partial charge in [-0.3, -0.25) is 0 Å². The van der Waals surface area contributed by atoms with Gasteiger partial charge in [0.05, 0.1) is 20.3 Å². The van der Waals surface area contributed by atoms with E-state index >= 15 is 0 Å². The molecule has 0 aromatic heterocycles. The third-order valence-corrected chi connectivity index (χ3v) is 5.86. The lowest BCUT2D eigenvalue weighted by Gasteiger charge is -2.47. The molecule has 0 radical (unpaired) electrons. The first-order valence-corrected chi connectivity index (χ1v) is 10.4. The summed E-state index contributed by atoms with van der Waals surface area (Å²) in [6.07, 6.45) is -24.5. The Morgan fingerprint density at radius 1 is 0.794 bits per heavy atom. The topological polar surface area (TPSA) is 255 Å². The van der Waals surface area contributed by atoms with Crippen molar-refractivity contribution in [3.8, 4) is 0 Å². The molecule has 3 heterocycles.